The Balaban J connectivity index is 1.11. The second-order valence-corrected chi connectivity index (χ2v) is 10.7. The third-order valence-corrected chi connectivity index (χ3v) is 8.18. The van der Waals surface area contributed by atoms with Crippen LogP contribution in [0.15, 0.2) is 47.1 Å². The van der Waals surface area contributed by atoms with Gasteiger partial charge in [0.05, 0.1) is 22.8 Å². The number of halogens is 5. The fraction of sp³-hybridized carbons (Fsp3) is 0.360. The maximum absolute atomic E-state index is 12.7. The van der Waals surface area contributed by atoms with E-state index in [4.69, 9.17) is 33.0 Å². The Morgan fingerprint density at radius 2 is 1.89 bits per heavy atom. The normalized spacial score (nSPS) is 18.3. The van der Waals surface area contributed by atoms with Crippen molar-refractivity contribution in [2.24, 2.45) is 5.16 Å². The number of thiazole rings is 1. The predicted octanol–water partition coefficient (Wildman–Crippen LogP) is 6.55. The van der Waals surface area contributed by atoms with Crippen LogP contribution in [0, 0.1) is 0 Å². The van der Waals surface area contributed by atoms with E-state index in [1.54, 1.807) is 34.4 Å². The number of hydrogen-bond acceptors (Lipinski definition) is 7. The van der Waals surface area contributed by atoms with Crippen molar-refractivity contribution < 1.29 is 22.8 Å². The summed E-state index contributed by atoms with van der Waals surface area (Å²) in [6.45, 7) is 1.09. The molecule has 1 fully saturated rings. The largest absolute Gasteiger partial charge is 0.417 e. The number of rotatable bonds is 6. The third kappa shape index (κ3) is 5.89. The van der Waals surface area contributed by atoms with E-state index in [0.29, 0.717) is 35.1 Å². The zero-order valence-corrected chi connectivity index (χ0v) is 22.2. The van der Waals surface area contributed by atoms with Crippen molar-refractivity contribution in [2.75, 3.05) is 25.0 Å². The van der Waals surface area contributed by atoms with E-state index in [0.717, 1.165) is 41.5 Å². The second-order valence-electron chi connectivity index (χ2n) is 8.98. The highest BCUT2D eigenvalue weighted by atomic mass is 35.5. The summed E-state index contributed by atoms with van der Waals surface area (Å²) < 4.78 is 38.0. The first-order valence-electron chi connectivity index (χ1n) is 11.9. The average Bonchev–Trinajstić information content (AvgIpc) is 3.57. The Bertz CT molecular complexity index is 1320. The molecule has 2 aliphatic heterocycles. The molecule has 1 aromatic carbocycles. The molecule has 0 bridgehead atoms. The molecule has 0 saturated carbocycles. The first-order valence-corrected chi connectivity index (χ1v) is 13.5. The molecule has 3 aromatic rings. The molecule has 1 atom stereocenters. The molecule has 1 saturated heterocycles. The van der Waals surface area contributed by atoms with Crippen molar-refractivity contribution in [3.63, 3.8) is 0 Å². The van der Waals surface area contributed by atoms with Crippen LogP contribution in [0.5, 0.6) is 0 Å². The van der Waals surface area contributed by atoms with Gasteiger partial charge in [-0.2, -0.15) is 13.2 Å². The predicted molar refractivity (Wildman–Crippen MR) is 140 cm³/mol. The van der Waals surface area contributed by atoms with Crippen LogP contribution in [0.2, 0.25) is 10.0 Å². The third-order valence-electron chi connectivity index (χ3n) is 6.52. The van der Waals surface area contributed by atoms with Gasteiger partial charge in [0, 0.05) is 52.6 Å². The van der Waals surface area contributed by atoms with E-state index in [9.17, 15) is 18.0 Å². The molecule has 38 heavy (non-hydrogen) atoms. The number of pyridine rings is 1. The molecular weight excluding hydrogens is 562 g/mol. The summed E-state index contributed by atoms with van der Waals surface area (Å²) in [6, 6.07) is 7.47. The number of hydrogen-bond donors (Lipinski definition) is 1. The molecule has 1 amide bonds. The van der Waals surface area contributed by atoms with E-state index in [1.165, 1.54) is 6.07 Å². The van der Waals surface area contributed by atoms with Gasteiger partial charge in [0.15, 0.2) is 6.10 Å². The van der Waals surface area contributed by atoms with Gasteiger partial charge in [0.2, 0.25) is 5.91 Å². The fourth-order valence-corrected chi connectivity index (χ4v) is 6.07. The number of aromatic nitrogens is 2. The number of nitrogens with one attached hydrogen (secondary N) is 1. The van der Waals surface area contributed by atoms with Gasteiger partial charge in [-0.05, 0) is 37.1 Å². The molecule has 1 N–H and O–H groups in total. The number of likely N-dealkylation sites (tertiary alicyclic amines) is 1. The number of carbonyl (C=O) groups excluding carboxylic acids is 1. The molecule has 5 rings (SSSR count). The van der Waals surface area contributed by atoms with E-state index in [-0.39, 0.29) is 30.3 Å². The topological polar surface area (TPSA) is 79.7 Å². The summed E-state index contributed by atoms with van der Waals surface area (Å²) in [5, 5.41) is 11.0. The van der Waals surface area contributed by atoms with Crippen LogP contribution in [-0.4, -0.2) is 46.1 Å². The van der Waals surface area contributed by atoms with Crippen LogP contribution < -0.4 is 5.32 Å². The van der Waals surface area contributed by atoms with E-state index < -0.39 is 11.7 Å². The first kappa shape index (κ1) is 26.7. The minimum absolute atomic E-state index is 0.0408. The summed E-state index contributed by atoms with van der Waals surface area (Å²) in [5.41, 5.74) is 1.39. The highest BCUT2D eigenvalue weighted by Gasteiger charge is 2.32. The number of carbonyl (C=O) groups is 1. The van der Waals surface area contributed by atoms with Gasteiger partial charge >= 0.3 is 6.18 Å². The zero-order valence-electron chi connectivity index (χ0n) is 19.8. The van der Waals surface area contributed by atoms with Crippen molar-refractivity contribution in [3.8, 4) is 0 Å². The van der Waals surface area contributed by atoms with Crippen molar-refractivity contribution in [2.45, 2.75) is 37.5 Å². The Hall–Kier alpha value is -2.89. The van der Waals surface area contributed by atoms with Crippen LogP contribution in [0.3, 0.4) is 0 Å². The van der Waals surface area contributed by atoms with E-state index in [1.807, 2.05) is 5.38 Å². The van der Waals surface area contributed by atoms with E-state index >= 15 is 0 Å². The molecule has 0 radical (unpaired) electrons. The molecule has 0 spiro atoms. The fourth-order valence-electron chi connectivity index (χ4n) is 4.43. The smallest absolute Gasteiger partial charge is 0.387 e. The highest BCUT2D eigenvalue weighted by molar-refractivity contribution is 7.10. The number of anilines is 1. The first-order chi connectivity index (χ1) is 18.2. The molecule has 2 aromatic heterocycles. The molecular formula is C25H22Cl2F3N5O2S. The van der Waals surface area contributed by atoms with Crippen LogP contribution in [0.1, 0.15) is 53.1 Å². The van der Waals surface area contributed by atoms with Crippen molar-refractivity contribution in [1.82, 2.24) is 14.9 Å². The SMILES string of the molecule is O=C(CNc1ccc(C(F)(F)F)cn1)N1CCC(c2nc(C3=NOC(c4c(Cl)cccc4Cl)C3)cs2)CC1. The minimum atomic E-state index is -4.45. The van der Waals surface area contributed by atoms with Crippen LogP contribution >= 0.6 is 34.5 Å². The quantitative estimate of drug-likeness (QED) is 0.356. The highest BCUT2D eigenvalue weighted by Crippen LogP contribution is 2.39. The van der Waals surface area contributed by atoms with Crippen LogP contribution in [0.4, 0.5) is 19.0 Å². The maximum Gasteiger partial charge on any atom is 0.417 e. The molecule has 1 unspecified atom stereocenters. The van der Waals surface area contributed by atoms with Crippen molar-refractivity contribution >= 4 is 52.0 Å². The van der Waals surface area contributed by atoms with Crippen LogP contribution in [-0.2, 0) is 15.8 Å². The van der Waals surface area contributed by atoms with Crippen molar-refractivity contribution in [1.29, 1.82) is 0 Å². The average molecular weight is 584 g/mol. The summed E-state index contributed by atoms with van der Waals surface area (Å²) in [7, 11) is 0. The lowest BCUT2D eigenvalue weighted by Crippen LogP contribution is -2.41. The lowest BCUT2D eigenvalue weighted by Gasteiger charge is -2.31. The second kappa shape index (κ2) is 11.1. The van der Waals surface area contributed by atoms with E-state index in [2.05, 4.69) is 15.5 Å². The molecule has 200 valence electrons. The number of amides is 1. The Labute approximate surface area is 230 Å². The number of nitrogens with zero attached hydrogens (tertiary/aromatic N) is 4. The Morgan fingerprint density at radius 3 is 2.55 bits per heavy atom. The molecule has 2 aliphatic rings. The van der Waals surface area contributed by atoms with Gasteiger partial charge < -0.3 is 15.1 Å². The summed E-state index contributed by atoms with van der Waals surface area (Å²) in [5.74, 6) is 0.306. The standard InChI is InChI=1S/C25H22Cl2F3N5O2S/c26-16-2-1-3-17(27)23(16)20-10-18(34-37-20)19-13-38-24(33-19)14-6-8-35(9-7-14)22(36)12-32-21-5-4-15(11-31-21)25(28,29)30/h1-5,11,13-14,20H,6-10,12H2,(H,31,32). The lowest BCUT2D eigenvalue weighted by molar-refractivity contribution is -0.137. The van der Waals surface area contributed by atoms with Gasteiger partial charge in [-0.15, -0.1) is 11.3 Å². The Kier molecular flexibility index (Phi) is 7.78. The lowest BCUT2D eigenvalue weighted by atomic mass is 9.97. The van der Waals surface area contributed by atoms with Gasteiger partial charge in [-0.25, -0.2) is 9.97 Å². The minimum Gasteiger partial charge on any atom is -0.387 e. The monoisotopic (exact) mass is 583 g/mol. The van der Waals surface area contributed by atoms with Gasteiger partial charge in [-0.1, -0.05) is 34.4 Å². The number of benzene rings is 1. The summed E-state index contributed by atoms with van der Waals surface area (Å²) in [6.07, 6.45) is -2.03. The zero-order chi connectivity index (χ0) is 26.9. The van der Waals surface area contributed by atoms with Gasteiger partial charge in [0.25, 0.3) is 0 Å². The molecule has 0 aliphatic carbocycles. The number of alkyl halides is 3. The van der Waals surface area contributed by atoms with Crippen molar-refractivity contribution in [3.05, 3.63) is 73.8 Å². The van der Waals surface area contributed by atoms with Gasteiger partial charge in [0.1, 0.15) is 11.5 Å². The number of piperidine rings is 1. The Morgan fingerprint density at radius 1 is 1.16 bits per heavy atom. The molecule has 13 heteroatoms. The molecule has 7 nitrogen and oxygen atoms in total. The van der Waals surface area contributed by atoms with Crippen LogP contribution in [0.25, 0.3) is 0 Å². The van der Waals surface area contributed by atoms with Gasteiger partial charge in [-0.3, -0.25) is 4.79 Å². The molecule has 4 heterocycles. The summed E-state index contributed by atoms with van der Waals surface area (Å²) in [4.78, 5) is 28.5. The summed E-state index contributed by atoms with van der Waals surface area (Å²) >= 11 is 14.2. The maximum atomic E-state index is 12.7. The number of oxime groups is 1.